The van der Waals surface area contributed by atoms with Crippen molar-refractivity contribution in [1.29, 1.82) is 0 Å². The average molecular weight is 696 g/mol. The lowest BCUT2D eigenvalue weighted by molar-refractivity contribution is -0.384. The van der Waals surface area contributed by atoms with Crippen LogP contribution in [0.5, 0.6) is 11.5 Å². The van der Waals surface area contributed by atoms with Gasteiger partial charge in [0.05, 0.1) is 30.6 Å². The van der Waals surface area contributed by atoms with Gasteiger partial charge in [0.1, 0.15) is 5.70 Å². The summed E-state index contributed by atoms with van der Waals surface area (Å²) >= 11 is 2.57. The Balaban J connectivity index is 1.23. The Hall–Kier alpha value is -5.99. The summed E-state index contributed by atoms with van der Waals surface area (Å²) in [6, 6.07) is 26.3. The summed E-state index contributed by atoms with van der Waals surface area (Å²) < 4.78 is 10.7. The molecular weight excluding hydrogens is 667 g/mol. The Morgan fingerprint density at radius 3 is 2.37 bits per heavy atom. The molecule has 0 aliphatic heterocycles. The van der Waals surface area contributed by atoms with Crippen LogP contribution in [0.15, 0.2) is 113 Å². The third kappa shape index (κ3) is 9.31. The summed E-state index contributed by atoms with van der Waals surface area (Å²) in [7, 11) is 3.12. The maximum atomic E-state index is 13.4. The number of amides is 3. The van der Waals surface area contributed by atoms with Crippen molar-refractivity contribution in [2.45, 2.75) is 4.90 Å². The minimum Gasteiger partial charge on any atom is -0.493 e. The first-order chi connectivity index (χ1) is 23.7. The second-order valence-corrected chi connectivity index (χ2v) is 12.1. The van der Waals surface area contributed by atoms with Crippen molar-refractivity contribution in [2.24, 2.45) is 0 Å². The molecule has 0 saturated carbocycles. The third-order valence-electron chi connectivity index (χ3n) is 6.84. The number of nitro benzene ring substituents is 1. The normalized spacial score (nSPS) is 10.9. The fourth-order valence-corrected chi connectivity index (χ4v) is 5.92. The van der Waals surface area contributed by atoms with Crippen LogP contribution in [-0.4, -0.2) is 47.6 Å². The molecule has 49 heavy (non-hydrogen) atoms. The van der Waals surface area contributed by atoms with Crippen LogP contribution in [0.2, 0.25) is 0 Å². The van der Waals surface area contributed by atoms with E-state index in [4.69, 9.17) is 9.47 Å². The Labute approximate surface area is 289 Å². The van der Waals surface area contributed by atoms with Crippen LogP contribution in [0.3, 0.4) is 0 Å². The van der Waals surface area contributed by atoms with Gasteiger partial charge in [0, 0.05) is 39.2 Å². The van der Waals surface area contributed by atoms with Gasteiger partial charge in [0.2, 0.25) is 5.91 Å². The number of carbonyl (C=O) groups is 3. The highest BCUT2D eigenvalue weighted by molar-refractivity contribution is 8.00. The van der Waals surface area contributed by atoms with E-state index in [1.165, 1.54) is 53.4 Å². The summed E-state index contributed by atoms with van der Waals surface area (Å²) in [5.41, 5.74) is 2.55. The smallest absolute Gasteiger partial charge is 0.272 e. The van der Waals surface area contributed by atoms with Crippen molar-refractivity contribution in [2.75, 3.05) is 30.6 Å². The van der Waals surface area contributed by atoms with Crippen molar-refractivity contribution in [3.05, 3.63) is 129 Å². The second kappa shape index (κ2) is 16.2. The molecule has 3 amide bonds. The Bertz CT molecular complexity index is 2010. The molecule has 0 bridgehead atoms. The van der Waals surface area contributed by atoms with E-state index in [2.05, 4.69) is 20.9 Å². The molecule has 0 radical (unpaired) electrons. The van der Waals surface area contributed by atoms with Gasteiger partial charge in [-0.3, -0.25) is 24.5 Å². The third-order valence-corrected chi connectivity index (χ3v) is 8.59. The van der Waals surface area contributed by atoms with E-state index < -0.39 is 16.7 Å². The van der Waals surface area contributed by atoms with Gasteiger partial charge in [-0.1, -0.05) is 24.3 Å². The highest BCUT2D eigenvalue weighted by Crippen LogP contribution is 2.33. The molecule has 14 heteroatoms. The van der Waals surface area contributed by atoms with Crippen molar-refractivity contribution in [1.82, 2.24) is 10.3 Å². The number of thiazole rings is 1. The fourth-order valence-electron chi connectivity index (χ4n) is 4.43. The van der Waals surface area contributed by atoms with Crippen LogP contribution in [0, 0.1) is 10.1 Å². The molecule has 4 aromatic carbocycles. The summed E-state index contributed by atoms with van der Waals surface area (Å²) in [6.07, 6.45) is 1.43. The minimum absolute atomic E-state index is 0.0731. The molecule has 0 atom stereocenters. The zero-order valence-electron chi connectivity index (χ0n) is 26.2. The maximum absolute atomic E-state index is 13.4. The number of carbonyl (C=O) groups excluding carboxylic acids is 3. The van der Waals surface area contributed by atoms with Crippen molar-refractivity contribution in [3.63, 3.8) is 0 Å². The summed E-state index contributed by atoms with van der Waals surface area (Å²) in [5.74, 6) is -0.121. The number of nitrogens with zero attached hydrogens (tertiary/aromatic N) is 2. The molecule has 12 nitrogen and oxygen atoms in total. The molecule has 3 N–H and O–H groups in total. The minimum atomic E-state index is -0.614. The molecule has 1 heterocycles. The first-order valence-corrected chi connectivity index (χ1v) is 16.4. The van der Waals surface area contributed by atoms with Gasteiger partial charge in [0.15, 0.2) is 16.6 Å². The van der Waals surface area contributed by atoms with Crippen LogP contribution < -0.4 is 25.4 Å². The summed E-state index contributed by atoms with van der Waals surface area (Å²) in [5, 5.41) is 21.6. The zero-order chi connectivity index (χ0) is 34.8. The maximum Gasteiger partial charge on any atom is 0.272 e. The Kier molecular flexibility index (Phi) is 11.4. The number of anilines is 2. The van der Waals surface area contributed by atoms with Crippen LogP contribution >= 0.6 is 23.1 Å². The number of benzene rings is 4. The molecule has 0 aliphatic rings. The first kappa shape index (κ1) is 34.3. The monoisotopic (exact) mass is 695 g/mol. The van der Waals surface area contributed by atoms with E-state index >= 15 is 0 Å². The lowest BCUT2D eigenvalue weighted by Gasteiger charge is -2.12. The summed E-state index contributed by atoms with van der Waals surface area (Å²) in [4.78, 5) is 54.9. The molecular formula is C35H29N5O7S2. The van der Waals surface area contributed by atoms with Gasteiger partial charge >= 0.3 is 0 Å². The first-order valence-electron chi connectivity index (χ1n) is 14.6. The van der Waals surface area contributed by atoms with E-state index in [9.17, 15) is 24.5 Å². The van der Waals surface area contributed by atoms with Gasteiger partial charge in [0.25, 0.3) is 17.5 Å². The van der Waals surface area contributed by atoms with E-state index in [-0.39, 0.29) is 23.0 Å². The van der Waals surface area contributed by atoms with Gasteiger partial charge in [-0.2, -0.15) is 0 Å². The second-order valence-electron chi connectivity index (χ2n) is 10.2. The van der Waals surface area contributed by atoms with E-state index in [0.717, 1.165) is 5.56 Å². The number of non-ortho nitro benzene ring substituents is 1. The van der Waals surface area contributed by atoms with Gasteiger partial charge in [-0.25, -0.2) is 4.98 Å². The lowest BCUT2D eigenvalue weighted by Crippen LogP contribution is -2.30. The molecule has 0 unspecified atom stereocenters. The topological polar surface area (TPSA) is 162 Å². The number of hydrogen-bond donors (Lipinski definition) is 3. The highest BCUT2D eigenvalue weighted by Gasteiger charge is 2.17. The number of ether oxygens (including phenoxy) is 2. The number of nitro groups is 1. The number of hydrogen-bond acceptors (Lipinski definition) is 10. The fraction of sp³-hybridized carbons (Fsp3) is 0.0857. The predicted octanol–water partition coefficient (Wildman–Crippen LogP) is 6.88. The Morgan fingerprint density at radius 1 is 0.898 bits per heavy atom. The van der Waals surface area contributed by atoms with E-state index in [1.807, 2.05) is 17.5 Å². The quantitative estimate of drug-likeness (QED) is 0.0516. The van der Waals surface area contributed by atoms with Gasteiger partial charge in [-0.15, -0.1) is 23.1 Å². The number of aromatic nitrogens is 1. The van der Waals surface area contributed by atoms with Crippen molar-refractivity contribution < 1.29 is 28.8 Å². The van der Waals surface area contributed by atoms with Crippen LogP contribution in [0.4, 0.5) is 16.5 Å². The van der Waals surface area contributed by atoms with Crippen molar-refractivity contribution in [3.8, 4) is 22.8 Å². The van der Waals surface area contributed by atoms with Crippen LogP contribution in [0.25, 0.3) is 17.3 Å². The van der Waals surface area contributed by atoms with Crippen LogP contribution in [0.1, 0.15) is 15.9 Å². The molecule has 0 fully saturated rings. The standard InChI is InChI=1S/C35H29N5O7S2/c1-46-30-16-13-24(18-31(30)47-2)29-20-49-35(38-29)39-32(41)21-48-27-10-6-9-25(19-27)36-34(43)28(37-33(42)23-7-4-3-5-8-23)17-22-11-14-26(15-12-22)40(44)45/h3-20H,21H2,1-2H3,(H,36,43)(H,37,42)(H,38,39,41)/b28-17+. The molecule has 0 aliphatic carbocycles. The summed E-state index contributed by atoms with van der Waals surface area (Å²) in [6.45, 7) is 0. The van der Waals surface area contributed by atoms with Gasteiger partial charge in [-0.05, 0) is 72.3 Å². The molecule has 5 rings (SSSR count). The number of rotatable bonds is 13. The van der Waals surface area contributed by atoms with Crippen molar-refractivity contribution >= 4 is 63.4 Å². The molecule has 0 saturated heterocycles. The molecule has 248 valence electrons. The number of thioether (sulfide) groups is 1. The largest absolute Gasteiger partial charge is 0.493 e. The molecule has 1 aromatic heterocycles. The molecule has 0 spiro atoms. The van der Waals surface area contributed by atoms with E-state index in [0.29, 0.717) is 44.0 Å². The highest BCUT2D eigenvalue weighted by atomic mass is 32.2. The predicted molar refractivity (Wildman–Crippen MR) is 190 cm³/mol. The number of methoxy groups -OCH3 is 2. The van der Waals surface area contributed by atoms with Crippen LogP contribution in [-0.2, 0) is 9.59 Å². The lowest BCUT2D eigenvalue weighted by atomic mass is 10.1. The zero-order valence-corrected chi connectivity index (χ0v) is 27.8. The number of nitrogens with one attached hydrogen (secondary N) is 3. The van der Waals surface area contributed by atoms with E-state index in [1.54, 1.807) is 74.9 Å². The average Bonchev–Trinajstić information content (AvgIpc) is 3.59. The van der Waals surface area contributed by atoms with Gasteiger partial charge < -0.3 is 25.4 Å². The molecule has 5 aromatic rings. The Morgan fingerprint density at radius 2 is 1.65 bits per heavy atom. The SMILES string of the molecule is COc1ccc(-c2csc(NC(=O)CSc3cccc(NC(=O)/C(=C\c4ccc([N+](=O)[O-])cc4)NC(=O)c4ccccc4)c3)n2)cc1OC.